The van der Waals surface area contributed by atoms with Crippen molar-refractivity contribution in [3.05, 3.63) is 18.7 Å². The van der Waals surface area contributed by atoms with Gasteiger partial charge in [0.25, 0.3) is 0 Å². The maximum atomic E-state index is 11.6. The van der Waals surface area contributed by atoms with Crippen LogP contribution in [0, 0.1) is 0 Å². The van der Waals surface area contributed by atoms with Crippen LogP contribution in [0.2, 0.25) is 0 Å². The van der Waals surface area contributed by atoms with Crippen LogP contribution < -0.4 is 10.6 Å². The van der Waals surface area contributed by atoms with Crippen LogP contribution in [0.25, 0.3) is 0 Å². The summed E-state index contributed by atoms with van der Waals surface area (Å²) in [6.45, 7) is 4.03. The lowest BCUT2D eigenvalue weighted by Crippen LogP contribution is -2.46. The first-order valence-corrected chi connectivity index (χ1v) is 5.84. The van der Waals surface area contributed by atoms with Crippen molar-refractivity contribution in [2.24, 2.45) is 0 Å². The van der Waals surface area contributed by atoms with Crippen LogP contribution in [0.1, 0.15) is 13.3 Å². The van der Waals surface area contributed by atoms with E-state index in [4.69, 9.17) is 4.74 Å². The molecule has 94 valence electrons. The summed E-state index contributed by atoms with van der Waals surface area (Å²) < 4.78 is 7.13. The van der Waals surface area contributed by atoms with Gasteiger partial charge in [-0.3, -0.25) is 0 Å². The molecule has 1 aliphatic rings. The maximum absolute atomic E-state index is 11.6. The zero-order valence-electron chi connectivity index (χ0n) is 9.93. The van der Waals surface area contributed by atoms with Crippen molar-refractivity contribution in [3.8, 4) is 0 Å². The average molecular weight is 238 g/mol. The second-order valence-electron chi connectivity index (χ2n) is 4.34. The lowest BCUT2D eigenvalue weighted by molar-refractivity contribution is 0.188. The summed E-state index contributed by atoms with van der Waals surface area (Å²) in [7, 11) is 0. The normalized spacial score (nSPS) is 21.1. The highest BCUT2D eigenvalue weighted by Gasteiger charge is 2.18. The van der Waals surface area contributed by atoms with Crippen LogP contribution in [0.5, 0.6) is 0 Å². The van der Waals surface area contributed by atoms with Gasteiger partial charge in [0.1, 0.15) is 0 Å². The molecule has 1 aromatic heterocycles. The van der Waals surface area contributed by atoms with Gasteiger partial charge >= 0.3 is 6.03 Å². The van der Waals surface area contributed by atoms with Crippen LogP contribution >= 0.6 is 0 Å². The minimum absolute atomic E-state index is 0.0616. The molecule has 2 N–H and O–H groups in total. The van der Waals surface area contributed by atoms with Crippen molar-refractivity contribution in [1.82, 2.24) is 20.2 Å². The molecule has 6 nitrogen and oxygen atoms in total. The van der Waals surface area contributed by atoms with Crippen molar-refractivity contribution >= 4 is 6.03 Å². The van der Waals surface area contributed by atoms with Crippen molar-refractivity contribution < 1.29 is 9.53 Å². The standard InChI is InChI=1S/C11H18N4O2/c1-9(6-15-4-3-12-8-15)13-11(16)14-10-2-5-17-7-10/h3-4,8-10H,2,5-7H2,1H3,(H2,13,14,16). The summed E-state index contributed by atoms with van der Waals surface area (Å²) >= 11 is 0. The minimum atomic E-state index is -0.131. The highest BCUT2D eigenvalue weighted by atomic mass is 16.5. The number of imidazole rings is 1. The Kier molecular flexibility index (Phi) is 3.98. The Balaban J connectivity index is 1.70. The van der Waals surface area contributed by atoms with Crippen LogP contribution in [0.15, 0.2) is 18.7 Å². The van der Waals surface area contributed by atoms with E-state index in [2.05, 4.69) is 15.6 Å². The summed E-state index contributed by atoms with van der Waals surface area (Å²) in [5.41, 5.74) is 0. The molecule has 1 aliphatic heterocycles. The molecule has 2 amide bonds. The number of amides is 2. The van der Waals surface area contributed by atoms with E-state index in [1.54, 1.807) is 12.5 Å². The van der Waals surface area contributed by atoms with Gasteiger partial charge in [-0.25, -0.2) is 9.78 Å². The van der Waals surface area contributed by atoms with E-state index in [1.807, 2.05) is 17.7 Å². The SMILES string of the molecule is CC(Cn1ccnc1)NC(=O)NC1CCOC1. The fourth-order valence-corrected chi connectivity index (χ4v) is 1.86. The Morgan fingerprint density at radius 1 is 1.71 bits per heavy atom. The topological polar surface area (TPSA) is 68.2 Å². The molecular formula is C11H18N4O2. The zero-order valence-corrected chi connectivity index (χ0v) is 9.93. The highest BCUT2D eigenvalue weighted by molar-refractivity contribution is 5.74. The Morgan fingerprint density at radius 2 is 2.59 bits per heavy atom. The summed E-state index contributed by atoms with van der Waals surface area (Å²) in [6, 6.07) is 0.0788. The molecule has 2 unspecified atom stereocenters. The van der Waals surface area contributed by atoms with E-state index in [-0.39, 0.29) is 18.1 Å². The quantitative estimate of drug-likeness (QED) is 0.795. The molecule has 17 heavy (non-hydrogen) atoms. The smallest absolute Gasteiger partial charge is 0.315 e. The molecule has 0 bridgehead atoms. The number of hydrogen-bond donors (Lipinski definition) is 2. The molecule has 0 spiro atoms. The average Bonchev–Trinajstić information content (AvgIpc) is 2.90. The number of carbonyl (C=O) groups is 1. The third-order valence-electron chi connectivity index (χ3n) is 2.69. The maximum Gasteiger partial charge on any atom is 0.315 e. The molecule has 0 radical (unpaired) electrons. The number of nitrogens with one attached hydrogen (secondary N) is 2. The first-order valence-electron chi connectivity index (χ1n) is 5.84. The Labute approximate surface area is 100 Å². The van der Waals surface area contributed by atoms with Crippen molar-refractivity contribution in [3.63, 3.8) is 0 Å². The second-order valence-corrected chi connectivity index (χ2v) is 4.34. The predicted octanol–water partition coefficient (Wildman–Crippen LogP) is 0.360. The summed E-state index contributed by atoms with van der Waals surface area (Å²) in [6.07, 6.45) is 6.23. The third kappa shape index (κ3) is 3.74. The fourth-order valence-electron chi connectivity index (χ4n) is 1.86. The number of aromatic nitrogens is 2. The number of nitrogens with zero attached hydrogens (tertiary/aromatic N) is 2. The van der Waals surface area contributed by atoms with Crippen LogP contribution in [-0.4, -0.2) is 40.9 Å². The lowest BCUT2D eigenvalue weighted by atomic mass is 10.3. The van der Waals surface area contributed by atoms with Gasteiger partial charge in [-0.1, -0.05) is 0 Å². The van der Waals surface area contributed by atoms with Crippen molar-refractivity contribution in [2.45, 2.75) is 32.0 Å². The van der Waals surface area contributed by atoms with E-state index in [9.17, 15) is 4.79 Å². The minimum Gasteiger partial charge on any atom is -0.379 e. The molecule has 0 saturated carbocycles. The van der Waals surface area contributed by atoms with Gasteiger partial charge in [-0.05, 0) is 13.3 Å². The number of carbonyl (C=O) groups excluding carboxylic acids is 1. The lowest BCUT2D eigenvalue weighted by Gasteiger charge is -2.17. The van der Waals surface area contributed by atoms with Gasteiger partial charge in [0.15, 0.2) is 0 Å². The van der Waals surface area contributed by atoms with Gasteiger partial charge in [-0.2, -0.15) is 0 Å². The van der Waals surface area contributed by atoms with Crippen LogP contribution in [-0.2, 0) is 11.3 Å². The van der Waals surface area contributed by atoms with Gasteiger partial charge in [0.2, 0.25) is 0 Å². The number of urea groups is 1. The molecule has 6 heteroatoms. The van der Waals surface area contributed by atoms with Gasteiger partial charge in [-0.15, -0.1) is 0 Å². The van der Waals surface area contributed by atoms with Gasteiger partial charge in [0, 0.05) is 31.6 Å². The van der Waals surface area contributed by atoms with E-state index in [0.29, 0.717) is 13.2 Å². The molecule has 2 atom stereocenters. The molecule has 0 aliphatic carbocycles. The Hall–Kier alpha value is -1.56. The number of hydrogen-bond acceptors (Lipinski definition) is 3. The highest BCUT2D eigenvalue weighted by Crippen LogP contribution is 2.02. The molecule has 0 aromatic carbocycles. The first-order chi connectivity index (χ1) is 8.24. The summed E-state index contributed by atoms with van der Waals surface area (Å²) in [4.78, 5) is 15.6. The number of ether oxygens (including phenoxy) is 1. The zero-order chi connectivity index (χ0) is 12.1. The molecule has 2 heterocycles. The fraction of sp³-hybridized carbons (Fsp3) is 0.636. The summed E-state index contributed by atoms with van der Waals surface area (Å²) in [5, 5.41) is 5.78. The van der Waals surface area contributed by atoms with Crippen LogP contribution in [0.4, 0.5) is 4.79 Å². The largest absolute Gasteiger partial charge is 0.379 e. The molecule has 1 fully saturated rings. The third-order valence-corrected chi connectivity index (χ3v) is 2.69. The van der Waals surface area contributed by atoms with Crippen molar-refractivity contribution in [2.75, 3.05) is 13.2 Å². The molecule has 1 aromatic rings. The molecule has 1 saturated heterocycles. The first kappa shape index (κ1) is 11.9. The van der Waals surface area contributed by atoms with Gasteiger partial charge < -0.3 is 19.9 Å². The van der Waals surface area contributed by atoms with Crippen molar-refractivity contribution in [1.29, 1.82) is 0 Å². The molecular weight excluding hydrogens is 220 g/mol. The molecule has 2 rings (SSSR count). The summed E-state index contributed by atoms with van der Waals surface area (Å²) in [5.74, 6) is 0. The van der Waals surface area contributed by atoms with Crippen LogP contribution in [0.3, 0.4) is 0 Å². The second kappa shape index (κ2) is 5.67. The van der Waals surface area contributed by atoms with E-state index < -0.39 is 0 Å². The number of rotatable bonds is 4. The predicted molar refractivity (Wildman–Crippen MR) is 62.6 cm³/mol. The van der Waals surface area contributed by atoms with E-state index in [0.717, 1.165) is 13.0 Å². The van der Waals surface area contributed by atoms with Gasteiger partial charge in [0.05, 0.1) is 19.0 Å². The Morgan fingerprint density at radius 3 is 3.24 bits per heavy atom. The monoisotopic (exact) mass is 238 g/mol. The Bertz CT molecular complexity index is 346. The van der Waals surface area contributed by atoms with E-state index >= 15 is 0 Å². The van der Waals surface area contributed by atoms with E-state index in [1.165, 1.54) is 0 Å².